The molecule has 0 aromatic rings. The van der Waals surface area contributed by atoms with E-state index in [1.807, 2.05) is 0 Å². The minimum Gasteiger partial charge on any atom is -0.381 e. The van der Waals surface area contributed by atoms with Crippen LogP contribution in [-0.2, 0) is 4.74 Å². The highest BCUT2D eigenvalue weighted by Gasteiger charge is 2.39. The molecule has 3 aliphatic heterocycles. The summed E-state index contributed by atoms with van der Waals surface area (Å²) in [6, 6.07) is 0.862. The van der Waals surface area contributed by atoms with Gasteiger partial charge in [0.1, 0.15) is 0 Å². The van der Waals surface area contributed by atoms with Crippen molar-refractivity contribution in [2.24, 2.45) is 5.41 Å². The first-order chi connectivity index (χ1) is 7.88. The summed E-state index contributed by atoms with van der Waals surface area (Å²) in [6.45, 7) is 7.10. The summed E-state index contributed by atoms with van der Waals surface area (Å²) in [4.78, 5) is 2.74. The van der Waals surface area contributed by atoms with Crippen molar-refractivity contribution in [2.45, 2.75) is 38.1 Å². The molecule has 1 spiro atoms. The van der Waals surface area contributed by atoms with Gasteiger partial charge in [0.05, 0.1) is 6.61 Å². The predicted molar refractivity (Wildman–Crippen MR) is 64.6 cm³/mol. The Morgan fingerprint density at radius 1 is 1.06 bits per heavy atom. The number of likely N-dealkylation sites (tertiary alicyclic amines) is 1. The van der Waals surface area contributed by atoms with Crippen molar-refractivity contribution in [1.29, 1.82) is 0 Å². The molecule has 0 unspecified atom stereocenters. The van der Waals surface area contributed by atoms with Crippen LogP contribution in [0, 0.1) is 5.41 Å². The fourth-order valence-electron chi connectivity index (χ4n) is 3.58. The van der Waals surface area contributed by atoms with Crippen LogP contribution in [-0.4, -0.2) is 50.3 Å². The lowest BCUT2D eigenvalue weighted by Crippen LogP contribution is -2.49. The second-order valence-corrected chi connectivity index (χ2v) is 5.82. The molecule has 3 rings (SSSR count). The molecule has 0 aromatic carbocycles. The first-order valence-electron chi connectivity index (χ1n) is 6.91. The van der Waals surface area contributed by atoms with Crippen LogP contribution in [0.4, 0.5) is 0 Å². The number of hydrogen-bond donors (Lipinski definition) is 1. The molecular formula is C13H24N2O. The number of piperidine rings is 2. The molecule has 0 bridgehead atoms. The smallest absolute Gasteiger partial charge is 0.0524 e. The topological polar surface area (TPSA) is 24.5 Å². The first-order valence-corrected chi connectivity index (χ1v) is 6.91. The second-order valence-electron chi connectivity index (χ2n) is 5.82. The Morgan fingerprint density at radius 3 is 2.44 bits per heavy atom. The number of nitrogens with one attached hydrogen (secondary N) is 1. The highest BCUT2D eigenvalue weighted by atomic mass is 16.5. The molecule has 16 heavy (non-hydrogen) atoms. The van der Waals surface area contributed by atoms with E-state index in [2.05, 4.69) is 10.2 Å². The Balaban J connectivity index is 1.53. The van der Waals surface area contributed by atoms with Crippen LogP contribution < -0.4 is 5.32 Å². The minimum absolute atomic E-state index is 0.573. The highest BCUT2D eigenvalue weighted by molar-refractivity contribution is 4.91. The lowest BCUT2D eigenvalue weighted by Gasteiger charge is -2.43. The van der Waals surface area contributed by atoms with E-state index in [0.717, 1.165) is 19.3 Å². The lowest BCUT2D eigenvalue weighted by molar-refractivity contribution is 0.0499. The average Bonchev–Trinajstić information content (AvgIpc) is 2.80. The van der Waals surface area contributed by atoms with Gasteiger partial charge in [-0.1, -0.05) is 0 Å². The summed E-state index contributed by atoms with van der Waals surface area (Å²) < 4.78 is 5.59. The molecule has 0 atom stereocenters. The Bertz CT molecular complexity index is 222. The van der Waals surface area contributed by atoms with E-state index in [0.29, 0.717) is 5.41 Å². The van der Waals surface area contributed by atoms with E-state index in [9.17, 15) is 0 Å². The molecule has 92 valence electrons. The minimum atomic E-state index is 0.573. The molecule has 3 nitrogen and oxygen atoms in total. The molecule has 3 saturated heterocycles. The summed E-state index contributed by atoms with van der Waals surface area (Å²) in [5.74, 6) is 0. The summed E-state index contributed by atoms with van der Waals surface area (Å²) >= 11 is 0. The van der Waals surface area contributed by atoms with Crippen molar-refractivity contribution >= 4 is 0 Å². The van der Waals surface area contributed by atoms with Crippen molar-refractivity contribution in [3.05, 3.63) is 0 Å². The Labute approximate surface area is 98.5 Å². The quantitative estimate of drug-likeness (QED) is 0.725. The van der Waals surface area contributed by atoms with Crippen LogP contribution in [0.2, 0.25) is 0 Å². The van der Waals surface area contributed by atoms with Crippen molar-refractivity contribution < 1.29 is 4.74 Å². The SMILES string of the molecule is C1CC(N2CCC3(CCOC3)CC2)CCN1. The van der Waals surface area contributed by atoms with Gasteiger partial charge in [-0.2, -0.15) is 0 Å². The molecule has 0 amide bonds. The average molecular weight is 224 g/mol. The van der Waals surface area contributed by atoms with E-state index in [1.165, 1.54) is 58.3 Å². The zero-order valence-corrected chi connectivity index (χ0v) is 10.2. The molecule has 3 fully saturated rings. The van der Waals surface area contributed by atoms with Gasteiger partial charge in [0.25, 0.3) is 0 Å². The third-order valence-electron chi connectivity index (χ3n) is 4.87. The monoisotopic (exact) mass is 224 g/mol. The molecule has 3 heterocycles. The second kappa shape index (κ2) is 4.63. The normalized spacial score (nSPS) is 32.2. The van der Waals surface area contributed by atoms with Crippen LogP contribution in [0.5, 0.6) is 0 Å². The lowest BCUT2D eigenvalue weighted by atomic mass is 9.77. The molecule has 3 aliphatic rings. The van der Waals surface area contributed by atoms with Crippen molar-refractivity contribution in [1.82, 2.24) is 10.2 Å². The van der Waals surface area contributed by atoms with Crippen molar-refractivity contribution in [3.8, 4) is 0 Å². The third-order valence-corrected chi connectivity index (χ3v) is 4.87. The summed E-state index contributed by atoms with van der Waals surface area (Å²) in [5, 5.41) is 3.46. The zero-order valence-electron chi connectivity index (χ0n) is 10.2. The van der Waals surface area contributed by atoms with E-state index in [-0.39, 0.29) is 0 Å². The molecule has 3 heteroatoms. The first kappa shape index (κ1) is 11.0. The van der Waals surface area contributed by atoms with Gasteiger partial charge in [0.2, 0.25) is 0 Å². The van der Waals surface area contributed by atoms with Gasteiger partial charge in [0, 0.05) is 12.6 Å². The maximum absolute atomic E-state index is 5.59. The van der Waals surface area contributed by atoms with E-state index in [1.54, 1.807) is 0 Å². The highest BCUT2D eigenvalue weighted by Crippen LogP contribution is 2.39. The summed E-state index contributed by atoms with van der Waals surface area (Å²) in [5.41, 5.74) is 0.573. The largest absolute Gasteiger partial charge is 0.381 e. The van der Waals surface area contributed by atoms with Crippen molar-refractivity contribution in [2.75, 3.05) is 39.4 Å². The van der Waals surface area contributed by atoms with Gasteiger partial charge in [0.15, 0.2) is 0 Å². The van der Waals surface area contributed by atoms with Gasteiger partial charge in [-0.3, -0.25) is 0 Å². The van der Waals surface area contributed by atoms with E-state index < -0.39 is 0 Å². The molecule has 0 aliphatic carbocycles. The number of ether oxygens (including phenoxy) is 1. The summed E-state index contributed by atoms with van der Waals surface area (Å²) in [6.07, 6.45) is 6.76. The molecule has 1 N–H and O–H groups in total. The Morgan fingerprint density at radius 2 is 1.81 bits per heavy atom. The third kappa shape index (κ3) is 2.13. The van der Waals surface area contributed by atoms with Gasteiger partial charge < -0.3 is 15.0 Å². The van der Waals surface area contributed by atoms with Crippen LogP contribution in [0.1, 0.15) is 32.1 Å². The van der Waals surface area contributed by atoms with Crippen LogP contribution in [0.25, 0.3) is 0 Å². The Kier molecular flexibility index (Phi) is 3.18. The fourth-order valence-corrected chi connectivity index (χ4v) is 3.58. The molecule has 0 aromatic heterocycles. The van der Waals surface area contributed by atoms with Gasteiger partial charge in [-0.05, 0) is 63.7 Å². The van der Waals surface area contributed by atoms with Gasteiger partial charge in [-0.15, -0.1) is 0 Å². The number of hydrogen-bond acceptors (Lipinski definition) is 3. The van der Waals surface area contributed by atoms with Gasteiger partial charge in [-0.25, -0.2) is 0 Å². The van der Waals surface area contributed by atoms with Gasteiger partial charge >= 0.3 is 0 Å². The van der Waals surface area contributed by atoms with Crippen LogP contribution in [0.15, 0.2) is 0 Å². The fraction of sp³-hybridized carbons (Fsp3) is 1.00. The zero-order chi connectivity index (χ0) is 10.8. The maximum atomic E-state index is 5.59. The van der Waals surface area contributed by atoms with E-state index >= 15 is 0 Å². The van der Waals surface area contributed by atoms with Crippen LogP contribution in [0.3, 0.4) is 0 Å². The predicted octanol–water partition coefficient (Wildman–Crippen LogP) is 1.24. The van der Waals surface area contributed by atoms with Crippen LogP contribution >= 0.6 is 0 Å². The number of rotatable bonds is 1. The number of nitrogens with zero attached hydrogens (tertiary/aromatic N) is 1. The molecule has 0 radical (unpaired) electrons. The van der Waals surface area contributed by atoms with E-state index in [4.69, 9.17) is 4.74 Å². The molecule has 0 saturated carbocycles. The maximum Gasteiger partial charge on any atom is 0.0524 e. The Hall–Kier alpha value is -0.120. The van der Waals surface area contributed by atoms with Crippen molar-refractivity contribution in [3.63, 3.8) is 0 Å². The summed E-state index contributed by atoms with van der Waals surface area (Å²) in [7, 11) is 0. The standard InChI is InChI=1S/C13H24N2O/c1-6-14-7-2-12(1)15-8-3-13(4-9-15)5-10-16-11-13/h12,14H,1-11H2. The molecular weight excluding hydrogens is 200 g/mol.